The van der Waals surface area contributed by atoms with Gasteiger partial charge < -0.3 is 13.8 Å². The van der Waals surface area contributed by atoms with Gasteiger partial charge in [-0.05, 0) is 20.8 Å². The molecule has 0 aromatic carbocycles. The third kappa shape index (κ3) is 3.87. The molecule has 0 unspecified atom stereocenters. The molecule has 20 heavy (non-hydrogen) atoms. The third-order valence-electron chi connectivity index (χ3n) is 2.57. The Morgan fingerprint density at radius 3 is 1.80 bits per heavy atom. The Morgan fingerprint density at radius 2 is 1.50 bits per heavy atom. The molecule has 0 atom stereocenters. The molecule has 5 nitrogen and oxygen atoms in total. The Labute approximate surface area is 120 Å². The number of carbonyl (C=O) groups is 1. The summed E-state index contributed by atoms with van der Waals surface area (Å²) in [5, 5.41) is -1.65. The van der Waals surface area contributed by atoms with Crippen molar-refractivity contribution in [3.05, 3.63) is 0 Å². The molecule has 0 amide bonds. The van der Waals surface area contributed by atoms with Gasteiger partial charge in [0.05, 0.1) is 19.8 Å². The van der Waals surface area contributed by atoms with Crippen LogP contribution < -0.4 is 0 Å². The molecule has 0 aliphatic rings. The molecule has 0 saturated heterocycles. The fourth-order valence-electron chi connectivity index (χ4n) is 1.74. The van der Waals surface area contributed by atoms with Crippen molar-refractivity contribution < 1.29 is 23.1 Å². The lowest BCUT2D eigenvalue weighted by molar-refractivity contribution is -0.146. The van der Waals surface area contributed by atoms with Crippen LogP contribution in [0.15, 0.2) is 0 Å². The highest BCUT2D eigenvalue weighted by Gasteiger charge is 2.57. The first kappa shape index (κ1) is 18.7. The molecule has 0 heterocycles. The highest BCUT2D eigenvalue weighted by Crippen LogP contribution is 2.63. The summed E-state index contributed by atoms with van der Waals surface area (Å²) in [6, 6.07) is 0. The fourth-order valence-corrected chi connectivity index (χ4v) is 3.85. The first-order chi connectivity index (χ1) is 9.47. The van der Waals surface area contributed by atoms with Gasteiger partial charge in [-0.15, -0.1) is 24.7 Å². The quantitative estimate of drug-likeness (QED) is 0.372. The van der Waals surface area contributed by atoms with E-state index in [9.17, 15) is 9.36 Å². The van der Waals surface area contributed by atoms with Gasteiger partial charge in [-0.25, -0.2) is 0 Å². The molecule has 0 spiro atoms. The first-order valence-electron chi connectivity index (χ1n) is 6.41. The van der Waals surface area contributed by atoms with Crippen molar-refractivity contribution in [3.8, 4) is 24.7 Å². The molecule has 0 aromatic heterocycles. The molecule has 0 bridgehead atoms. The summed E-state index contributed by atoms with van der Waals surface area (Å²) in [6.45, 7) is 5.26. The van der Waals surface area contributed by atoms with E-state index in [2.05, 4.69) is 11.8 Å². The lowest BCUT2D eigenvalue weighted by Crippen LogP contribution is -2.41. The van der Waals surface area contributed by atoms with E-state index in [1.807, 2.05) is 0 Å². The maximum atomic E-state index is 13.0. The van der Waals surface area contributed by atoms with Crippen LogP contribution in [0.5, 0.6) is 0 Å². The van der Waals surface area contributed by atoms with Crippen molar-refractivity contribution in [2.75, 3.05) is 19.8 Å². The van der Waals surface area contributed by atoms with E-state index in [0.29, 0.717) is 0 Å². The van der Waals surface area contributed by atoms with E-state index in [1.165, 1.54) is 0 Å². The molecule has 6 heteroatoms. The van der Waals surface area contributed by atoms with Crippen molar-refractivity contribution in [1.82, 2.24) is 0 Å². The van der Waals surface area contributed by atoms with Crippen LogP contribution >= 0.6 is 7.60 Å². The molecule has 0 aromatic rings. The SMILES string of the molecule is C#CCC(CC#C)(C(=O)OCC)P(=O)(OCC)OCC. The van der Waals surface area contributed by atoms with Crippen LogP contribution in [0.3, 0.4) is 0 Å². The van der Waals surface area contributed by atoms with Crippen LogP contribution in [0, 0.1) is 24.7 Å². The van der Waals surface area contributed by atoms with Gasteiger partial charge in [0.2, 0.25) is 0 Å². The average Bonchev–Trinajstić information content (AvgIpc) is 2.39. The summed E-state index contributed by atoms with van der Waals surface area (Å²) < 4.78 is 28.5. The summed E-state index contributed by atoms with van der Waals surface area (Å²) in [5.74, 6) is 3.90. The number of ether oxygens (including phenoxy) is 1. The van der Waals surface area contributed by atoms with Gasteiger partial charge in [0.1, 0.15) is 0 Å². The predicted octanol–water partition coefficient (Wildman–Crippen LogP) is 2.60. The van der Waals surface area contributed by atoms with Crippen molar-refractivity contribution in [2.24, 2.45) is 0 Å². The van der Waals surface area contributed by atoms with Crippen LogP contribution in [0.2, 0.25) is 0 Å². The molecule has 0 rings (SSSR count). The second kappa shape index (κ2) is 8.82. The molecular formula is C14H21O5P. The van der Waals surface area contributed by atoms with Crippen LogP contribution in [0.4, 0.5) is 0 Å². The molecule has 112 valence electrons. The highest BCUT2D eigenvalue weighted by molar-refractivity contribution is 7.56. The zero-order valence-corrected chi connectivity index (χ0v) is 13.1. The summed E-state index contributed by atoms with van der Waals surface area (Å²) in [7, 11) is -3.84. The molecule has 0 aliphatic carbocycles. The minimum atomic E-state index is -3.84. The van der Waals surface area contributed by atoms with Crippen LogP contribution in [0.25, 0.3) is 0 Å². The van der Waals surface area contributed by atoms with Crippen LogP contribution in [-0.4, -0.2) is 30.9 Å². The third-order valence-corrected chi connectivity index (χ3v) is 5.31. The minimum absolute atomic E-state index is 0.105. The minimum Gasteiger partial charge on any atom is -0.465 e. The number of rotatable bonds is 9. The van der Waals surface area contributed by atoms with Gasteiger partial charge in [-0.3, -0.25) is 9.36 Å². The topological polar surface area (TPSA) is 61.8 Å². The molecular weight excluding hydrogens is 279 g/mol. The van der Waals surface area contributed by atoms with Gasteiger partial charge in [-0.1, -0.05) is 0 Å². The van der Waals surface area contributed by atoms with Crippen LogP contribution in [-0.2, 0) is 23.1 Å². The Hall–Kier alpha value is -1.26. The molecule has 0 N–H and O–H groups in total. The van der Waals surface area contributed by atoms with Gasteiger partial charge >= 0.3 is 13.6 Å². The smallest absolute Gasteiger partial charge is 0.349 e. The monoisotopic (exact) mass is 300 g/mol. The van der Waals surface area contributed by atoms with E-state index in [-0.39, 0.29) is 32.7 Å². The molecule has 0 fully saturated rings. The second-order valence-corrected chi connectivity index (χ2v) is 6.21. The second-order valence-electron chi connectivity index (χ2n) is 3.85. The predicted molar refractivity (Wildman–Crippen MR) is 77.1 cm³/mol. The van der Waals surface area contributed by atoms with Gasteiger partial charge in [-0.2, -0.15) is 0 Å². The molecule has 0 saturated carbocycles. The Bertz CT molecular complexity index is 417. The van der Waals surface area contributed by atoms with E-state index in [4.69, 9.17) is 26.6 Å². The molecule has 0 radical (unpaired) electrons. The van der Waals surface area contributed by atoms with Crippen molar-refractivity contribution in [1.29, 1.82) is 0 Å². The lowest BCUT2D eigenvalue weighted by Gasteiger charge is -2.34. The normalized spacial score (nSPS) is 11.4. The van der Waals surface area contributed by atoms with Crippen LogP contribution in [0.1, 0.15) is 33.6 Å². The number of esters is 1. The first-order valence-corrected chi connectivity index (χ1v) is 7.95. The maximum absolute atomic E-state index is 13.0. The maximum Gasteiger partial charge on any atom is 0.349 e. The molecule has 0 aliphatic heterocycles. The standard InChI is InChI=1S/C14H21O5P/c1-6-11-14(12-7-2,13(15)17-8-3)20(16,18-9-4)19-10-5/h1-2H,8-12H2,3-5H3. The number of hydrogen-bond donors (Lipinski definition) is 0. The summed E-state index contributed by atoms with van der Waals surface area (Å²) in [6.07, 6.45) is 10.3. The zero-order chi connectivity index (χ0) is 15.6. The number of terminal acetylenes is 2. The Kier molecular flexibility index (Phi) is 8.26. The summed E-state index contributed by atoms with van der Waals surface area (Å²) >= 11 is 0. The van der Waals surface area contributed by atoms with Crippen molar-refractivity contribution in [2.45, 2.75) is 38.8 Å². The highest BCUT2D eigenvalue weighted by atomic mass is 31.2. The lowest BCUT2D eigenvalue weighted by atomic mass is 10.0. The summed E-state index contributed by atoms with van der Waals surface area (Å²) in [5.41, 5.74) is 0. The number of hydrogen-bond acceptors (Lipinski definition) is 5. The average molecular weight is 300 g/mol. The van der Waals surface area contributed by atoms with Gasteiger partial charge in [0.15, 0.2) is 5.16 Å². The largest absolute Gasteiger partial charge is 0.465 e. The van der Waals surface area contributed by atoms with E-state index in [1.54, 1.807) is 20.8 Å². The van der Waals surface area contributed by atoms with Gasteiger partial charge in [0, 0.05) is 12.8 Å². The van der Waals surface area contributed by atoms with E-state index in [0.717, 1.165) is 0 Å². The van der Waals surface area contributed by atoms with E-state index >= 15 is 0 Å². The van der Waals surface area contributed by atoms with Gasteiger partial charge in [0.25, 0.3) is 0 Å². The van der Waals surface area contributed by atoms with E-state index < -0.39 is 18.7 Å². The van der Waals surface area contributed by atoms with Crippen molar-refractivity contribution >= 4 is 13.6 Å². The van der Waals surface area contributed by atoms with Crippen molar-refractivity contribution in [3.63, 3.8) is 0 Å². The fraction of sp³-hybridized carbons (Fsp3) is 0.643. The Morgan fingerprint density at radius 1 is 1.05 bits per heavy atom. The number of carbonyl (C=O) groups excluding carboxylic acids is 1. The summed E-state index contributed by atoms with van der Waals surface area (Å²) in [4.78, 5) is 12.3. The zero-order valence-electron chi connectivity index (χ0n) is 12.2. The Balaban J connectivity index is 5.90.